The van der Waals surface area contributed by atoms with Gasteiger partial charge in [-0.25, -0.2) is 4.79 Å². The molecule has 1 saturated heterocycles. The Balaban J connectivity index is 1.76. The molecule has 1 aromatic rings. The van der Waals surface area contributed by atoms with Crippen molar-refractivity contribution < 1.29 is 33.6 Å². The van der Waals surface area contributed by atoms with Crippen molar-refractivity contribution in [1.82, 2.24) is 4.90 Å². The van der Waals surface area contributed by atoms with Gasteiger partial charge in [0, 0.05) is 32.0 Å². The number of allylic oxidation sites excluding steroid dienone is 1. The number of methoxy groups -OCH3 is 1. The molecule has 0 aliphatic carbocycles. The maximum absolute atomic E-state index is 13.0. The molecule has 8 heteroatoms. The van der Waals surface area contributed by atoms with E-state index in [0.29, 0.717) is 57.7 Å². The Bertz CT molecular complexity index is 740. The third kappa shape index (κ3) is 5.81. The minimum absolute atomic E-state index is 0.0896. The van der Waals surface area contributed by atoms with Gasteiger partial charge < -0.3 is 29.0 Å². The number of carbonyl (C=O) groups excluding carboxylic acids is 2. The number of amides is 1. The number of aliphatic hydroxyl groups excluding tert-OH is 1. The number of nitrogens with zero attached hydrogens (tertiary/aromatic N) is 1. The van der Waals surface area contributed by atoms with Crippen molar-refractivity contribution in [1.29, 1.82) is 0 Å². The number of morpholine rings is 1. The Kier molecular flexibility index (Phi) is 8.24. The van der Waals surface area contributed by atoms with Crippen molar-refractivity contribution in [2.45, 2.75) is 31.5 Å². The number of benzene rings is 1. The van der Waals surface area contributed by atoms with Gasteiger partial charge in [-0.3, -0.25) is 4.79 Å². The monoisotopic (exact) mass is 419 g/mol. The topological polar surface area (TPSA) is 94.5 Å². The Hall–Kier alpha value is -2.42. The summed E-state index contributed by atoms with van der Waals surface area (Å²) in [7, 11) is 1.35. The lowest BCUT2D eigenvalue weighted by atomic mass is 9.92. The number of esters is 1. The number of hydrogen-bond acceptors (Lipinski definition) is 7. The quantitative estimate of drug-likeness (QED) is 0.507. The molecule has 164 valence electrons. The number of ether oxygens (including phenoxy) is 4. The lowest BCUT2D eigenvalue weighted by Crippen LogP contribution is -2.43. The molecule has 2 atom stereocenters. The summed E-state index contributed by atoms with van der Waals surface area (Å²) in [6.07, 6.45) is 3.19. The summed E-state index contributed by atoms with van der Waals surface area (Å²) in [5.41, 5.74) is 1.43. The van der Waals surface area contributed by atoms with E-state index in [1.807, 2.05) is 18.2 Å². The van der Waals surface area contributed by atoms with Gasteiger partial charge in [0.25, 0.3) is 5.91 Å². The fourth-order valence-corrected chi connectivity index (χ4v) is 3.48. The molecular weight excluding hydrogens is 390 g/mol. The van der Waals surface area contributed by atoms with Crippen LogP contribution in [0.25, 0.3) is 0 Å². The second-order valence-corrected chi connectivity index (χ2v) is 7.24. The first-order valence-electron chi connectivity index (χ1n) is 10.3. The van der Waals surface area contributed by atoms with Gasteiger partial charge in [0.05, 0.1) is 32.5 Å². The highest BCUT2D eigenvalue weighted by atomic mass is 16.7. The summed E-state index contributed by atoms with van der Waals surface area (Å²) in [6, 6.07) is 7.15. The molecule has 1 aromatic carbocycles. The fourth-order valence-electron chi connectivity index (χ4n) is 3.48. The summed E-state index contributed by atoms with van der Waals surface area (Å²) >= 11 is 0. The van der Waals surface area contributed by atoms with Gasteiger partial charge in [0.2, 0.25) is 6.29 Å². The van der Waals surface area contributed by atoms with Crippen molar-refractivity contribution in [3.63, 3.8) is 0 Å². The molecule has 1 amide bonds. The SMILES string of the molecule is COC(=O)c1ccc([C@@H]2C=C(C(=O)N3CCOCC3)O[C@H](OCCCCO)C2)cc1. The number of aliphatic hydroxyl groups is 1. The van der Waals surface area contributed by atoms with Gasteiger partial charge in [0.15, 0.2) is 5.76 Å². The predicted octanol–water partition coefficient (Wildman–Crippen LogP) is 1.83. The summed E-state index contributed by atoms with van der Waals surface area (Å²) in [6.45, 7) is 2.64. The summed E-state index contributed by atoms with van der Waals surface area (Å²) < 4.78 is 21.8. The molecule has 0 unspecified atom stereocenters. The van der Waals surface area contributed by atoms with Crippen LogP contribution in [-0.4, -0.2) is 74.8 Å². The van der Waals surface area contributed by atoms with Crippen LogP contribution in [-0.2, 0) is 23.7 Å². The maximum atomic E-state index is 13.0. The molecule has 30 heavy (non-hydrogen) atoms. The van der Waals surface area contributed by atoms with E-state index < -0.39 is 12.3 Å². The van der Waals surface area contributed by atoms with Crippen molar-refractivity contribution in [2.75, 3.05) is 46.6 Å². The average molecular weight is 419 g/mol. The van der Waals surface area contributed by atoms with Crippen LogP contribution in [0.2, 0.25) is 0 Å². The van der Waals surface area contributed by atoms with Crippen molar-refractivity contribution in [2.24, 2.45) is 0 Å². The minimum Gasteiger partial charge on any atom is -0.465 e. The first-order valence-corrected chi connectivity index (χ1v) is 10.3. The van der Waals surface area contributed by atoms with Crippen LogP contribution in [0.4, 0.5) is 0 Å². The van der Waals surface area contributed by atoms with Gasteiger partial charge in [-0.1, -0.05) is 12.1 Å². The second kappa shape index (κ2) is 11.1. The number of carbonyl (C=O) groups is 2. The van der Waals surface area contributed by atoms with E-state index in [0.717, 1.165) is 5.56 Å². The zero-order chi connectivity index (χ0) is 21.3. The van der Waals surface area contributed by atoms with Gasteiger partial charge in [-0.15, -0.1) is 0 Å². The van der Waals surface area contributed by atoms with Gasteiger partial charge in [-0.05, 0) is 36.6 Å². The largest absolute Gasteiger partial charge is 0.465 e. The van der Waals surface area contributed by atoms with Gasteiger partial charge >= 0.3 is 5.97 Å². The van der Waals surface area contributed by atoms with Crippen LogP contribution in [0.1, 0.15) is 41.1 Å². The summed E-state index contributed by atoms with van der Waals surface area (Å²) in [5, 5.41) is 8.94. The van der Waals surface area contributed by atoms with E-state index in [1.54, 1.807) is 17.0 Å². The van der Waals surface area contributed by atoms with Crippen LogP contribution in [0.15, 0.2) is 36.1 Å². The number of hydrogen-bond donors (Lipinski definition) is 1. The predicted molar refractivity (Wildman–Crippen MR) is 108 cm³/mol. The van der Waals surface area contributed by atoms with Crippen molar-refractivity contribution >= 4 is 11.9 Å². The van der Waals surface area contributed by atoms with E-state index >= 15 is 0 Å². The first-order chi connectivity index (χ1) is 14.6. The number of rotatable bonds is 8. The lowest BCUT2D eigenvalue weighted by molar-refractivity contribution is -0.155. The van der Waals surface area contributed by atoms with Crippen LogP contribution in [0.3, 0.4) is 0 Å². The molecule has 1 N–H and O–H groups in total. The standard InChI is InChI=1S/C22H29NO7/c1-27-22(26)17-6-4-16(5-7-17)18-14-19(21(25)23-8-12-28-13-9-23)30-20(15-18)29-11-3-2-10-24/h4-7,14,18,20,24H,2-3,8-13,15H2,1H3/t18-,20+/m1/s1. The average Bonchev–Trinajstić information content (AvgIpc) is 2.81. The second-order valence-electron chi connectivity index (χ2n) is 7.24. The Morgan fingerprint density at radius 3 is 2.57 bits per heavy atom. The van der Waals surface area contributed by atoms with Crippen LogP contribution in [0, 0.1) is 0 Å². The molecule has 2 aliphatic heterocycles. The molecule has 2 heterocycles. The van der Waals surface area contributed by atoms with Crippen molar-refractivity contribution in [3.8, 4) is 0 Å². The number of unbranched alkanes of at least 4 members (excludes halogenated alkanes) is 1. The minimum atomic E-state index is -0.557. The molecular formula is C22H29NO7. The fraction of sp³-hybridized carbons (Fsp3) is 0.545. The Labute approximate surface area is 176 Å². The van der Waals surface area contributed by atoms with Gasteiger partial charge in [-0.2, -0.15) is 0 Å². The van der Waals surface area contributed by atoms with E-state index in [1.165, 1.54) is 7.11 Å². The Morgan fingerprint density at radius 2 is 1.90 bits per heavy atom. The van der Waals surface area contributed by atoms with E-state index in [2.05, 4.69) is 0 Å². The molecule has 0 aromatic heterocycles. The van der Waals surface area contributed by atoms with Crippen LogP contribution >= 0.6 is 0 Å². The highest BCUT2D eigenvalue weighted by molar-refractivity contribution is 5.92. The maximum Gasteiger partial charge on any atom is 0.337 e. The zero-order valence-corrected chi connectivity index (χ0v) is 17.2. The molecule has 0 bridgehead atoms. The van der Waals surface area contributed by atoms with E-state index in [4.69, 9.17) is 24.1 Å². The first kappa shape index (κ1) is 22.3. The van der Waals surface area contributed by atoms with Crippen molar-refractivity contribution in [3.05, 3.63) is 47.2 Å². The zero-order valence-electron chi connectivity index (χ0n) is 17.2. The third-order valence-corrected chi connectivity index (χ3v) is 5.18. The molecule has 3 rings (SSSR count). The highest BCUT2D eigenvalue weighted by Crippen LogP contribution is 2.32. The van der Waals surface area contributed by atoms with Gasteiger partial charge in [0.1, 0.15) is 0 Å². The molecule has 8 nitrogen and oxygen atoms in total. The highest BCUT2D eigenvalue weighted by Gasteiger charge is 2.31. The summed E-state index contributed by atoms with van der Waals surface area (Å²) in [5.74, 6) is -0.374. The summed E-state index contributed by atoms with van der Waals surface area (Å²) in [4.78, 5) is 26.4. The smallest absolute Gasteiger partial charge is 0.337 e. The molecule has 2 aliphatic rings. The Morgan fingerprint density at radius 1 is 1.17 bits per heavy atom. The molecule has 0 radical (unpaired) electrons. The lowest BCUT2D eigenvalue weighted by Gasteiger charge is -2.33. The van der Waals surface area contributed by atoms with E-state index in [-0.39, 0.29) is 24.2 Å². The van der Waals surface area contributed by atoms with E-state index in [9.17, 15) is 9.59 Å². The molecule has 1 fully saturated rings. The third-order valence-electron chi connectivity index (χ3n) is 5.18. The normalized spacial score (nSPS) is 21.5. The molecule has 0 spiro atoms. The van der Waals surface area contributed by atoms with Crippen LogP contribution in [0.5, 0.6) is 0 Å². The van der Waals surface area contributed by atoms with Crippen LogP contribution < -0.4 is 0 Å². The molecule has 0 saturated carbocycles.